The molecule has 1 saturated heterocycles. The molecule has 1 aromatic carbocycles. The van der Waals surface area contributed by atoms with Gasteiger partial charge in [0.05, 0.1) is 4.92 Å². The number of nitro benzene ring substituents is 1. The second-order valence-electron chi connectivity index (χ2n) is 4.77. The summed E-state index contributed by atoms with van der Waals surface area (Å²) in [5.74, 6) is -2.77. The van der Waals surface area contributed by atoms with Crippen LogP contribution in [-0.4, -0.2) is 39.4 Å². The number of carboxylic acid groups (broad SMARTS) is 1. The van der Waals surface area contributed by atoms with Gasteiger partial charge in [0.1, 0.15) is 17.4 Å². The molecule has 1 aliphatic heterocycles. The van der Waals surface area contributed by atoms with Crippen LogP contribution in [0.2, 0.25) is 0 Å². The highest BCUT2D eigenvalue weighted by molar-refractivity contribution is 6.00. The average Bonchev–Trinajstić information content (AvgIpc) is 2.46. The van der Waals surface area contributed by atoms with E-state index in [2.05, 4.69) is 0 Å². The largest absolute Gasteiger partial charge is 0.480 e. The van der Waals surface area contributed by atoms with Gasteiger partial charge < -0.3 is 10.0 Å². The zero-order valence-corrected chi connectivity index (χ0v) is 11.0. The second-order valence-corrected chi connectivity index (χ2v) is 4.77. The van der Waals surface area contributed by atoms with Crippen LogP contribution in [-0.2, 0) is 4.79 Å². The molecule has 0 unspecified atom stereocenters. The number of halogens is 1. The van der Waals surface area contributed by atoms with Crippen molar-refractivity contribution in [3.05, 3.63) is 39.7 Å². The standard InChI is InChI=1S/C13H13FN2O5/c14-8-4-5-10(16(20)21)9(7-8)12(17)15-6-2-1-3-11(15)13(18)19/h4-5,7,11H,1-3,6H2,(H,18,19)/t11-/m0/s1. The number of benzene rings is 1. The Bertz CT molecular complexity index is 604. The first-order valence-corrected chi connectivity index (χ1v) is 6.39. The molecule has 1 amide bonds. The van der Waals surface area contributed by atoms with Crippen molar-refractivity contribution in [2.75, 3.05) is 6.54 Å². The molecule has 1 aliphatic rings. The highest BCUT2D eigenvalue weighted by atomic mass is 19.1. The molecule has 112 valence electrons. The normalized spacial score (nSPS) is 18.3. The molecule has 2 rings (SSSR count). The molecule has 21 heavy (non-hydrogen) atoms. The van der Waals surface area contributed by atoms with E-state index in [9.17, 15) is 24.1 Å². The molecule has 7 nitrogen and oxygen atoms in total. The van der Waals surface area contributed by atoms with Crippen molar-refractivity contribution in [1.82, 2.24) is 4.90 Å². The number of nitrogens with zero attached hydrogens (tertiary/aromatic N) is 2. The van der Waals surface area contributed by atoms with Crippen molar-refractivity contribution in [3.8, 4) is 0 Å². The van der Waals surface area contributed by atoms with E-state index in [1.807, 2.05) is 0 Å². The predicted octanol–water partition coefficient (Wildman–Crippen LogP) is 1.81. The average molecular weight is 296 g/mol. The Hall–Kier alpha value is -2.51. The topological polar surface area (TPSA) is 101 Å². The number of carbonyl (C=O) groups excluding carboxylic acids is 1. The van der Waals surface area contributed by atoms with Crippen LogP contribution in [0.25, 0.3) is 0 Å². The lowest BCUT2D eigenvalue weighted by molar-refractivity contribution is -0.385. The summed E-state index contributed by atoms with van der Waals surface area (Å²) in [4.78, 5) is 34.8. The van der Waals surface area contributed by atoms with E-state index < -0.39 is 39.9 Å². The molecular weight excluding hydrogens is 283 g/mol. The van der Waals surface area contributed by atoms with Gasteiger partial charge in [-0.05, 0) is 31.4 Å². The van der Waals surface area contributed by atoms with Gasteiger partial charge in [-0.1, -0.05) is 0 Å². The fraction of sp³-hybridized carbons (Fsp3) is 0.385. The van der Waals surface area contributed by atoms with Crippen molar-refractivity contribution in [3.63, 3.8) is 0 Å². The zero-order valence-electron chi connectivity index (χ0n) is 11.0. The van der Waals surface area contributed by atoms with Gasteiger partial charge in [-0.15, -0.1) is 0 Å². The van der Waals surface area contributed by atoms with Crippen LogP contribution in [0.4, 0.5) is 10.1 Å². The monoisotopic (exact) mass is 296 g/mol. The lowest BCUT2D eigenvalue weighted by atomic mass is 10.0. The van der Waals surface area contributed by atoms with E-state index in [1.165, 1.54) is 0 Å². The van der Waals surface area contributed by atoms with Gasteiger partial charge in [0, 0.05) is 12.6 Å². The molecule has 1 fully saturated rings. The van der Waals surface area contributed by atoms with Crippen LogP contribution in [0.3, 0.4) is 0 Å². The maximum absolute atomic E-state index is 13.3. The van der Waals surface area contributed by atoms with Crippen LogP contribution in [0, 0.1) is 15.9 Å². The molecule has 0 spiro atoms. The number of amides is 1. The van der Waals surface area contributed by atoms with E-state index >= 15 is 0 Å². The van der Waals surface area contributed by atoms with Crippen LogP contribution >= 0.6 is 0 Å². The zero-order chi connectivity index (χ0) is 15.6. The third kappa shape index (κ3) is 2.99. The van der Waals surface area contributed by atoms with Gasteiger partial charge in [-0.25, -0.2) is 9.18 Å². The highest BCUT2D eigenvalue weighted by Crippen LogP contribution is 2.25. The summed E-state index contributed by atoms with van der Waals surface area (Å²) in [6, 6.07) is 1.53. The molecule has 0 radical (unpaired) electrons. The fourth-order valence-corrected chi connectivity index (χ4v) is 2.42. The summed E-state index contributed by atoms with van der Waals surface area (Å²) in [6.45, 7) is 0.184. The van der Waals surface area contributed by atoms with Gasteiger partial charge in [0.15, 0.2) is 0 Å². The molecule has 1 aromatic rings. The Kier molecular flexibility index (Phi) is 4.15. The minimum absolute atomic E-state index is 0.184. The molecule has 0 aromatic heterocycles. The van der Waals surface area contributed by atoms with Gasteiger partial charge >= 0.3 is 5.97 Å². The molecule has 8 heteroatoms. The van der Waals surface area contributed by atoms with E-state index in [0.717, 1.165) is 23.1 Å². The lowest BCUT2D eigenvalue weighted by Gasteiger charge is -2.32. The molecule has 0 saturated carbocycles. The maximum atomic E-state index is 13.3. The van der Waals surface area contributed by atoms with Crippen LogP contribution in [0.5, 0.6) is 0 Å². The first kappa shape index (κ1) is 14.9. The number of nitro groups is 1. The van der Waals surface area contributed by atoms with E-state index in [0.29, 0.717) is 12.8 Å². The Morgan fingerprint density at radius 1 is 1.38 bits per heavy atom. The summed E-state index contributed by atoms with van der Waals surface area (Å²) >= 11 is 0. The first-order valence-electron chi connectivity index (χ1n) is 6.39. The van der Waals surface area contributed by atoms with Gasteiger partial charge in [-0.2, -0.15) is 0 Å². The van der Waals surface area contributed by atoms with Gasteiger partial charge in [0.25, 0.3) is 11.6 Å². The van der Waals surface area contributed by atoms with Crippen molar-refractivity contribution in [2.24, 2.45) is 0 Å². The summed E-state index contributed by atoms with van der Waals surface area (Å²) in [6.07, 6.45) is 1.55. The molecule has 0 aliphatic carbocycles. The van der Waals surface area contributed by atoms with E-state index in [-0.39, 0.29) is 13.0 Å². The number of hydrogen-bond donors (Lipinski definition) is 1. The first-order chi connectivity index (χ1) is 9.91. The number of aliphatic carboxylic acids is 1. The van der Waals surface area contributed by atoms with Crippen molar-refractivity contribution in [2.45, 2.75) is 25.3 Å². The summed E-state index contributed by atoms with van der Waals surface area (Å²) in [5, 5.41) is 20.1. The van der Waals surface area contributed by atoms with Crippen LogP contribution < -0.4 is 0 Å². The quantitative estimate of drug-likeness (QED) is 0.677. The Morgan fingerprint density at radius 3 is 2.71 bits per heavy atom. The Morgan fingerprint density at radius 2 is 2.10 bits per heavy atom. The Labute approximate surface area is 119 Å². The van der Waals surface area contributed by atoms with E-state index in [1.54, 1.807) is 0 Å². The molecule has 1 atom stereocenters. The predicted molar refractivity (Wildman–Crippen MR) is 69.4 cm³/mol. The molecule has 1 N–H and O–H groups in total. The molecular formula is C13H13FN2O5. The van der Waals surface area contributed by atoms with Gasteiger partial charge in [-0.3, -0.25) is 14.9 Å². The van der Waals surface area contributed by atoms with Gasteiger partial charge in [0.2, 0.25) is 0 Å². The fourth-order valence-electron chi connectivity index (χ4n) is 2.42. The van der Waals surface area contributed by atoms with E-state index in [4.69, 9.17) is 5.11 Å². The molecule has 0 bridgehead atoms. The lowest BCUT2D eigenvalue weighted by Crippen LogP contribution is -2.48. The number of rotatable bonds is 3. The number of hydrogen-bond acceptors (Lipinski definition) is 4. The highest BCUT2D eigenvalue weighted by Gasteiger charge is 2.35. The van der Waals surface area contributed by atoms with Crippen molar-refractivity contribution < 1.29 is 24.0 Å². The molecule has 1 heterocycles. The van der Waals surface area contributed by atoms with Crippen molar-refractivity contribution >= 4 is 17.6 Å². The number of carbonyl (C=O) groups is 2. The Balaban J connectivity index is 2.40. The van der Waals surface area contributed by atoms with Crippen LogP contribution in [0.15, 0.2) is 18.2 Å². The van der Waals surface area contributed by atoms with Crippen LogP contribution in [0.1, 0.15) is 29.6 Å². The number of piperidine rings is 1. The second kappa shape index (κ2) is 5.86. The number of likely N-dealkylation sites (tertiary alicyclic amines) is 1. The third-order valence-electron chi connectivity index (χ3n) is 3.43. The third-order valence-corrected chi connectivity index (χ3v) is 3.43. The maximum Gasteiger partial charge on any atom is 0.326 e. The summed E-state index contributed by atoms with van der Waals surface area (Å²) < 4.78 is 13.3. The summed E-state index contributed by atoms with van der Waals surface area (Å²) in [7, 11) is 0. The summed E-state index contributed by atoms with van der Waals surface area (Å²) in [5.41, 5.74) is -0.954. The minimum atomic E-state index is -1.16. The SMILES string of the molecule is O=C(O)[C@@H]1CCCCN1C(=O)c1cc(F)ccc1[N+](=O)[O-]. The smallest absolute Gasteiger partial charge is 0.326 e. The number of carboxylic acids is 1. The minimum Gasteiger partial charge on any atom is -0.480 e. The van der Waals surface area contributed by atoms with Crippen molar-refractivity contribution in [1.29, 1.82) is 0 Å².